The van der Waals surface area contributed by atoms with Crippen LogP contribution in [0.1, 0.15) is 16.5 Å². The van der Waals surface area contributed by atoms with E-state index in [1.165, 1.54) is 26.1 Å². The van der Waals surface area contributed by atoms with Crippen LogP contribution >= 0.6 is 34.7 Å². The van der Waals surface area contributed by atoms with E-state index >= 15 is 0 Å². The van der Waals surface area contributed by atoms with E-state index in [2.05, 4.69) is 60.2 Å². The van der Waals surface area contributed by atoms with Gasteiger partial charge in [0, 0.05) is 9.60 Å². The van der Waals surface area contributed by atoms with Crippen molar-refractivity contribution in [2.45, 2.75) is 10.3 Å². The molecule has 0 aliphatic rings. The van der Waals surface area contributed by atoms with Gasteiger partial charge in [-0.2, -0.15) is 0 Å². The number of hydrogen-bond acceptors (Lipinski definition) is 2. The fourth-order valence-corrected chi connectivity index (χ4v) is 4.37. The Kier molecular flexibility index (Phi) is 3.83. The van der Waals surface area contributed by atoms with E-state index in [4.69, 9.17) is 11.6 Å². The highest BCUT2D eigenvalue weighted by Crippen LogP contribution is 2.40. The first kappa shape index (κ1) is 13.0. The second-order valence-electron chi connectivity index (χ2n) is 4.29. The Morgan fingerprint density at radius 3 is 2.58 bits per heavy atom. The van der Waals surface area contributed by atoms with Crippen LogP contribution in [0.5, 0.6) is 0 Å². The lowest BCUT2D eigenvalue weighted by Crippen LogP contribution is -1.94. The molecule has 1 heterocycles. The van der Waals surface area contributed by atoms with Crippen molar-refractivity contribution in [2.24, 2.45) is 0 Å². The van der Waals surface area contributed by atoms with Crippen molar-refractivity contribution in [3.05, 3.63) is 65.0 Å². The van der Waals surface area contributed by atoms with Crippen LogP contribution in [-0.2, 0) is 0 Å². The maximum Gasteiger partial charge on any atom is 0.0860 e. The minimum Gasteiger partial charge on any atom is -0.143 e. The molecule has 19 heavy (non-hydrogen) atoms. The van der Waals surface area contributed by atoms with Gasteiger partial charge in [0.2, 0.25) is 0 Å². The maximum absolute atomic E-state index is 6.73. The topological polar surface area (TPSA) is 0 Å². The van der Waals surface area contributed by atoms with E-state index in [0.29, 0.717) is 0 Å². The molecule has 3 rings (SSSR count). The van der Waals surface area contributed by atoms with Crippen molar-refractivity contribution in [1.29, 1.82) is 0 Å². The van der Waals surface area contributed by atoms with E-state index in [-0.39, 0.29) is 5.38 Å². The number of fused-ring (bicyclic) bond motifs is 1. The van der Waals surface area contributed by atoms with E-state index in [1.54, 1.807) is 23.1 Å². The van der Waals surface area contributed by atoms with E-state index in [1.807, 2.05) is 0 Å². The standard InChI is InChI=1S/C16H13ClS2/c1-18-14-8-4-3-7-12(14)16(17)13-10-19-15-9-5-2-6-11(13)15/h2-10,16H,1H3. The van der Waals surface area contributed by atoms with Gasteiger partial charge in [-0.25, -0.2) is 0 Å². The molecule has 3 aromatic rings. The van der Waals surface area contributed by atoms with Crippen LogP contribution in [-0.4, -0.2) is 6.26 Å². The van der Waals surface area contributed by atoms with Gasteiger partial charge in [-0.15, -0.1) is 34.7 Å². The molecule has 96 valence electrons. The summed E-state index contributed by atoms with van der Waals surface area (Å²) in [4.78, 5) is 1.25. The highest BCUT2D eigenvalue weighted by Gasteiger charge is 2.17. The molecular weight excluding hydrogens is 292 g/mol. The van der Waals surface area contributed by atoms with Crippen LogP contribution in [0, 0.1) is 0 Å². The van der Waals surface area contributed by atoms with Crippen LogP contribution in [0.25, 0.3) is 10.1 Å². The summed E-state index contributed by atoms with van der Waals surface area (Å²) in [6, 6.07) is 16.8. The van der Waals surface area contributed by atoms with E-state index < -0.39 is 0 Å². The third-order valence-corrected chi connectivity index (χ3v) is 5.46. The average Bonchev–Trinajstić information content (AvgIpc) is 2.90. The summed E-state index contributed by atoms with van der Waals surface area (Å²) in [6.45, 7) is 0. The molecular formula is C16H13ClS2. The van der Waals surface area contributed by atoms with Gasteiger partial charge in [-0.05, 0) is 40.3 Å². The van der Waals surface area contributed by atoms with Crippen LogP contribution < -0.4 is 0 Å². The summed E-state index contributed by atoms with van der Waals surface area (Å²) in [7, 11) is 0. The lowest BCUT2D eigenvalue weighted by molar-refractivity contribution is 1.11. The predicted octanol–water partition coefficient (Wildman–Crippen LogP) is 5.95. The number of thioether (sulfide) groups is 1. The monoisotopic (exact) mass is 304 g/mol. The van der Waals surface area contributed by atoms with Gasteiger partial charge in [-0.3, -0.25) is 0 Å². The number of benzene rings is 2. The second kappa shape index (κ2) is 5.58. The SMILES string of the molecule is CSc1ccccc1C(Cl)c1csc2ccccc12. The molecule has 0 saturated carbocycles. The van der Waals surface area contributed by atoms with Crippen molar-refractivity contribution in [2.75, 3.05) is 6.26 Å². The fraction of sp³-hybridized carbons (Fsp3) is 0.125. The third kappa shape index (κ3) is 2.40. The first-order valence-electron chi connectivity index (χ1n) is 6.04. The zero-order chi connectivity index (χ0) is 13.2. The zero-order valence-electron chi connectivity index (χ0n) is 10.5. The minimum absolute atomic E-state index is 0.0835. The number of thiophene rings is 1. The maximum atomic E-state index is 6.73. The summed E-state index contributed by atoms with van der Waals surface area (Å²) in [5.74, 6) is 0. The van der Waals surface area contributed by atoms with Gasteiger partial charge in [0.05, 0.1) is 5.38 Å². The van der Waals surface area contributed by atoms with Gasteiger partial charge in [-0.1, -0.05) is 36.4 Å². The smallest absolute Gasteiger partial charge is 0.0860 e. The fourth-order valence-electron chi connectivity index (χ4n) is 2.24. The lowest BCUT2D eigenvalue weighted by Gasteiger charge is -2.13. The summed E-state index contributed by atoms with van der Waals surface area (Å²) in [5, 5.41) is 3.36. The van der Waals surface area contributed by atoms with E-state index in [0.717, 1.165) is 0 Å². The second-order valence-corrected chi connectivity index (χ2v) is 6.49. The normalized spacial score (nSPS) is 12.7. The molecule has 2 aromatic carbocycles. The number of hydrogen-bond donors (Lipinski definition) is 0. The Morgan fingerprint density at radius 2 is 1.74 bits per heavy atom. The quantitative estimate of drug-likeness (QED) is 0.425. The minimum atomic E-state index is -0.0835. The highest BCUT2D eigenvalue weighted by molar-refractivity contribution is 7.98. The molecule has 0 saturated heterocycles. The molecule has 0 bridgehead atoms. The number of alkyl halides is 1. The molecule has 0 fully saturated rings. The first-order valence-corrected chi connectivity index (χ1v) is 8.58. The number of halogens is 1. The molecule has 0 aliphatic carbocycles. The van der Waals surface area contributed by atoms with Gasteiger partial charge in [0.15, 0.2) is 0 Å². The molecule has 0 radical (unpaired) electrons. The summed E-state index contributed by atoms with van der Waals surface area (Å²) in [6.07, 6.45) is 2.09. The molecule has 0 spiro atoms. The summed E-state index contributed by atoms with van der Waals surface area (Å²) < 4.78 is 1.30. The van der Waals surface area contributed by atoms with Gasteiger partial charge in [0.1, 0.15) is 0 Å². The molecule has 1 aromatic heterocycles. The Bertz CT molecular complexity index is 703. The van der Waals surface area contributed by atoms with Crippen molar-refractivity contribution in [3.63, 3.8) is 0 Å². The summed E-state index contributed by atoms with van der Waals surface area (Å²) in [5.41, 5.74) is 2.41. The van der Waals surface area contributed by atoms with Crippen LogP contribution in [0.4, 0.5) is 0 Å². The molecule has 1 atom stereocenters. The number of rotatable bonds is 3. The molecule has 3 heteroatoms. The molecule has 0 N–H and O–H groups in total. The molecule has 0 nitrogen and oxygen atoms in total. The average molecular weight is 305 g/mol. The van der Waals surface area contributed by atoms with Crippen molar-refractivity contribution in [1.82, 2.24) is 0 Å². The predicted molar refractivity (Wildman–Crippen MR) is 87.7 cm³/mol. The molecule has 0 aliphatic heterocycles. The van der Waals surface area contributed by atoms with Crippen LogP contribution in [0.2, 0.25) is 0 Å². The van der Waals surface area contributed by atoms with Gasteiger partial charge in [0.25, 0.3) is 0 Å². The Morgan fingerprint density at radius 1 is 1.00 bits per heavy atom. The zero-order valence-corrected chi connectivity index (χ0v) is 12.9. The van der Waals surface area contributed by atoms with Gasteiger partial charge >= 0.3 is 0 Å². The third-order valence-electron chi connectivity index (χ3n) is 3.20. The van der Waals surface area contributed by atoms with Crippen molar-refractivity contribution < 1.29 is 0 Å². The highest BCUT2D eigenvalue weighted by atomic mass is 35.5. The Hall–Kier alpha value is -0.960. The van der Waals surface area contributed by atoms with E-state index in [9.17, 15) is 0 Å². The van der Waals surface area contributed by atoms with Crippen molar-refractivity contribution >= 4 is 44.8 Å². The largest absolute Gasteiger partial charge is 0.143 e. The Balaban J connectivity index is 2.11. The molecule has 0 amide bonds. The first-order chi connectivity index (χ1) is 9.31. The lowest BCUT2D eigenvalue weighted by atomic mass is 10.0. The summed E-state index contributed by atoms with van der Waals surface area (Å²) >= 11 is 10.2. The van der Waals surface area contributed by atoms with Crippen molar-refractivity contribution in [3.8, 4) is 0 Å². The Labute approximate surface area is 126 Å². The molecule has 1 unspecified atom stereocenters. The van der Waals surface area contributed by atoms with Gasteiger partial charge < -0.3 is 0 Å². The van der Waals surface area contributed by atoms with Crippen LogP contribution in [0.3, 0.4) is 0 Å². The van der Waals surface area contributed by atoms with Crippen LogP contribution in [0.15, 0.2) is 58.8 Å².